The fourth-order valence-electron chi connectivity index (χ4n) is 1.45. The Morgan fingerprint density at radius 2 is 2.12 bits per heavy atom. The predicted octanol–water partition coefficient (Wildman–Crippen LogP) is 2.76. The zero-order valence-corrected chi connectivity index (χ0v) is 10.4. The molecule has 4 heteroatoms. The molecule has 0 amide bonds. The molecule has 0 aliphatic rings. The normalized spacial score (nSPS) is 10.0. The van der Waals surface area contributed by atoms with Gasteiger partial charge >= 0.3 is 5.97 Å². The first-order valence-corrected chi connectivity index (χ1v) is 5.45. The van der Waals surface area contributed by atoms with Gasteiger partial charge in [0.25, 0.3) is 0 Å². The lowest BCUT2D eigenvalue weighted by atomic mass is 10.1. The standard InChI is InChI=1S/C12H15ClO3/c1-4-16-10(14)7-9-6-5-8(2)12(15-3)11(9)13/h5-6H,4,7H2,1-3H3. The molecular formula is C12H15ClO3. The van der Waals surface area contributed by atoms with E-state index >= 15 is 0 Å². The number of hydrogen-bond acceptors (Lipinski definition) is 3. The van der Waals surface area contributed by atoms with Crippen LogP contribution in [-0.2, 0) is 16.0 Å². The molecule has 3 nitrogen and oxygen atoms in total. The molecule has 1 aromatic carbocycles. The zero-order valence-electron chi connectivity index (χ0n) is 9.67. The van der Waals surface area contributed by atoms with Gasteiger partial charge in [-0.05, 0) is 25.0 Å². The van der Waals surface area contributed by atoms with Gasteiger partial charge < -0.3 is 9.47 Å². The van der Waals surface area contributed by atoms with Gasteiger partial charge in [-0.25, -0.2) is 0 Å². The zero-order chi connectivity index (χ0) is 12.1. The Bertz CT molecular complexity index is 388. The van der Waals surface area contributed by atoms with Crippen LogP contribution in [0.3, 0.4) is 0 Å². The van der Waals surface area contributed by atoms with Crippen molar-refractivity contribution in [1.82, 2.24) is 0 Å². The molecule has 0 unspecified atom stereocenters. The Hall–Kier alpha value is -1.22. The number of hydrogen-bond donors (Lipinski definition) is 0. The van der Waals surface area contributed by atoms with E-state index in [9.17, 15) is 4.79 Å². The van der Waals surface area contributed by atoms with Gasteiger partial charge in [0.05, 0.1) is 25.2 Å². The first-order valence-electron chi connectivity index (χ1n) is 5.07. The van der Waals surface area contributed by atoms with Crippen molar-refractivity contribution >= 4 is 17.6 Å². The molecule has 0 spiro atoms. The van der Waals surface area contributed by atoms with Crippen LogP contribution in [0.4, 0.5) is 0 Å². The van der Waals surface area contributed by atoms with Gasteiger partial charge in [-0.1, -0.05) is 23.7 Å². The van der Waals surface area contributed by atoms with Crippen molar-refractivity contribution in [3.05, 3.63) is 28.3 Å². The molecule has 88 valence electrons. The van der Waals surface area contributed by atoms with Gasteiger partial charge in [-0.2, -0.15) is 0 Å². The van der Waals surface area contributed by atoms with Crippen LogP contribution < -0.4 is 4.74 Å². The number of methoxy groups -OCH3 is 1. The molecule has 0 fully saturated rings. The van der Waals surface area contributed by atoms with Crippen molar-refractivity contribution < 1.29 is 14.3 Å². The smallest absolute Gasteiger partial charge is 0.310 e. The SMILES string of the molecule is CCOC(=O)Cc1ccc(C)c(OC)c1Cl. The highest BCUT2D eigenvalue weighted by molar-refractivity contribution is 6.33. The van der Waals surface area contributed by atoms with Crippen LogP contribution in [-0.4, -0.2) is 19.7 Å². The lowest BCUT2D eigenvalue weighted by Gasteiger charge is -2.10. The van der Waals surface area contributed by atoms with E-state index in [4.69, 9.17) is 21.1 Å². The van der Waals surface area contributed by atoms with Crippen molar-refractivity contribution in [3.63, 3.8) is 0 Å². The number of aryl methyl sites for hydroxylation is 1. The summed E-state index contributed by atoms with van der Waals surface area (Å²) < 4.78 is 10.0. The molecule has 0 atom stereocenters. The van der Waals surface area contributed by atoms with Crippen LogP contribution in [0.1, 0.15) is 18.1 Å². The van der Waals surface area contributed by atoms with Crippen molar-refractivity contribution in [1.29, 1.82) is 0 Å². The molecule has 0 bridgehead atoms. The van der Waals surface area contributed by atoms with Gasteiger partial charge in [0.2, 0.25) is 0 Å². The fourth-order valence-corrected chi connectivity index (χ4v) is 1.80. The summed E-state index contributed by atoms with van der Waals surface area (Å²) in [4.78, 5) is 11.3. The molecule has 1 aromatic rings. The van der Waals surface area contributed by atoms with Crippen LogP contribution >= 0.6 is 11.6 Å². The second-order valence-electron chi connectivity index (χ2n) is 3.37. The Kier molecular flexibility index (Phi) is 4.62. The first kappa shape index (κ1) is 12.8. The maximum atomic E-state index is 11.3. The largest absolute Gasteiger partial charge is 0.495 e. The lowest BCUT2D eigenvalue weighted by molar-refractivity contribution is -0.142. The van der Waals surface area contributed by atoms with E-state index in [0.29, 0.717) is 17.4 Å². The predicted molar refractivity (Wildman–Crippen MR) is 63.1 cm³/mol. The maximum Gasteiger partial charge on any atom is 0.310 e. The second kappa shape index (κ2) is 5.75. The van der Waals surface area contributed by atoms with E-state index in [0.717, 1.165) is 11.1 Å². The number of carbonyl (C=O) groups is 1. The average molecular weight is 243 g/mol. The second-order valence-corrected chi connectivity index (χ2v) is 3.75. The highest BCUT2D eigenvalue weighted by Gasteiger charge is 2.13. The Balaban J connectivity index is 2.93. The fraction of sp³-hybridized carbons (Fsp3) is 0.417. The maximum absolute atomic E-state index is 11.3. The summed E-state index contributed by atoms with van der Waals surface area (Å²) >= 11 is 6.13. The van der Waals surface area contributed by atoms with Crippen molar-refractivity contribution in [3.8, 4) is 5.75 Å². The van der Waals surface area contributed by atoms with Gasteiger partial charge in [0, 0.05) is 0 Å². The summed E-state index contributed by atoms with van der Waals surface area (Å²) in [6.45, 7) is 4.05. The van der Waals surface area contributed by atoms with Crippen molar-refractivity contribution in [2.75, 3.05) is 13.7 Å². The van der Waals surface area contributed by atoms with Crippen LogP contribution in [0.25, 0.3) is 0 Å². The van der Waals surface area contributed by atoms with Crippen LogP contribution in [0.2, 0.25) is 5.02 Å². The summed E-state index contributed by atoms with van der Waals surface area (Å²) in [7, 11) is 1.56. The first-order chi connectivity index (χ1) is 7.60. The number of ether oxygens (including phenoxy) is 2. The molecule has 0 aliphatic carbocycles. The van der Waals surface area contributed by atoms with Crippen LogP contribution in [0.5, 0.6) is 5.75 Å². The van der Waals surface area contributed by atoms with E-state index in [-0.39, 0.29) is 12.4 Å². The molecule has 0 heterocycles. The summed E-state index contributed by atoms with van der Waals surface area (Å²) in [5.74, 6) is 0.332. The van der Waals surface area contributed by atoms with E-state index in [1.165, 1.54) is 0 Å². The number of esters is 1. The molecule has 0 radical (unpaired) electrons. The van der Waals surface area contributed by atoms with Gasteiger partial charge in [0.15, 0.2) is 0 Å². The molecule has 0 saturated carbocycles. The quantitative estimate of drug-likeness (QED) is 0.762. The topological polar surface area (TPSA) is 35.5 Å². The van der Waals surface area contributed by atoms with E-state index in [1.54, 1.807) is 14.0 Å². The van der Waals surface area contributed by atoms with Gasteiger partial charge in [-0.15, -0.1) is 0 Å². The third kappa shape index (κ3) is 2.89. The van der Waals surface area contributed by atoms with Crippen molar-refractivity contribution in [2.45, 2.75) is 20.3 Å². The molecule has 16 heavy (non-hydrogen) atoms. The summed E-state index contributed by atoms with van der Waals surface area (Å²) in [6.07, 6.45) is 0.170. The highest BCUT2D eigenvalue weighted by atomic mass is 35.5. The third-order valence-electron chi connectivity index (χ3n) is 2.22. The Morgan fingerprint density at radius 3 is 2.69 bits per heavy atom. The van der Waals surface area contributed by atoms with Crippen LogP contribution in [0, 0.1) is 6.92 Å². The molecule has 0 saturated heterocycles. The molecule has 0 N–H and O–H groups in total. The third-order valence-corrected chi connectivity index (χ3v) is 2.63. The molecular weight excluding hydrogens is 228 g/mol. The van der Waals surface area contributed by atoms with E-state index < -0.39 is 0 Å². The Labute approximate surface area is 100 Å². The van der Waals surface area contributed by atoms with Gasteiger partial charge in [-0.3, -0.25) is 4.79 Å². The molecule has 1 rings (SSSR count). The number of rotatable bonds is 4. The highest BCUT2D eigenvalue weighted by Crippen LogP contribution is 2.31. The number of carbonyl (C=O) groups excluding carboxylic acids is 1. The summed E-state index contributed by atoms with van der Waals surface area (Å²) in [5, 5.41) is 0.482. The summed E-state index contributed by atoms with van der Waals surface area (Å²) in [5.41, 5.74) is 1.67. The molecule has 0 aliphatic heterocycles. The lowest BCUT2D eigenvalue weighted by Crippen LogP contribution is -2.08. The molecule has 0 aromatic heterocycles. The number of benzene rings is 1. The Morgan fingerprint density at radius 1 is 1.44 bits per heavy atom. The monoisotopic (exact) mass is 242 g/mol. The van der Waals surface area contributed by atoms with E-state index in [2.05, 4.69) is 0 Å². The van der Waals surface area contributed by atoms with Crippen LogP contribution in [0.15, 0.2) is 12.1 Å². The average Bonchev–Trinajstić information content (AvgIpc) is 2.23. The minimum Gasteiger partial charge on any atom is -0.495 e. The van der Waals surface area contributed by atoms with Crippen molar-refractivity contribution in [2.24, 2.45) is 0 Å². The van der Waals surface area contributed by atoms with Gasteiger partial charge in [0.1, 0.15) is 5.75 Å². The summed E-state index contributed by atoms with van der Waals surface area (Å²) in [6, 6.07) is 3.69. The number of halogens is 1. The van der Waals surface area contributed by atoms with E-state index in [1.807, 2.05) is 19.1 Å². The minimum absolute atomic E-state index is 0.170. The minimum atomic E-state index is -0.282.